The van der Waals surface area contributed by atoms with Gasteiger partial charge >= 0.3 is 0 Å². The van der Waals surface area contributed by atoms with Crippen molar-refractivity contribution in [2.75, 3.05) is 13.1 Å². The van der Waals surface area contributed by atoms with Gasteiger partial charge in [0.1, 0.15) is 5.69 Å². The molecule has 1 aliphatic rings. The Balaban J connectivity index is 1.59. The van der Waals surface area contributed by atoms with Gasteiger partial charge in [0.25, 0.3) is 0 Å². The molecule has 0 amide bonds. The lowest BCUT2D eigenvalue weighted by Crippen LogP contribution is -2.23. The minimum absolute atomic E-state index is 0.447. The van der Waals surface area contributed by atoms with Crippen molar-refractivity contribution >= 4 is 0 Å². The van der Waals surface area contributed by atoms with E-state index < -0.39 is 0 Å². The fourth-order valence-electron chi connectivity index (χ4n) is 3.52. The molecular formula is C20H23N5. The molecule has 0 spiro atoms. The van der Waals surface area contributed by atoms with Crippen molar-refractivity contribution < 1.29 is 0 Å². The summed E-state index contributed by atoms with van der Waals surface area (Å²) in [6, 6.07) is 13.1. The first kappa shape index (κ1) is 16.0. The summed E-state index contributed by atoms with van der Waals surface area (Å²) in [5.74, 6) is 0.829. The average Bonchev–Trinajstić information content (AvgIpc) is 3.33. The van der Waals surface area contributed by atoms with E-state index in [2.05, 4.69) is 51.3 Å². The van der Waals surface area contributed by atoms with Gasteiger partial charge in [-0.15, -0.1) is 10.2 Å². The Morgan fingerprint density at radius 1 is 1.00 bits per heavy atom. The zero-order chi connectivity index (χ0) is 17.2. The molecule has 0 unspecified atom stereocenters. The Morgan fingerprint density at radius 2 is 1.76 bits per heavy atom. The van der Waals surface area contributed by atoms with Crippen LogP contribution >= 0.6 is 0 Å². The summed E-state index contributed by atoms with van der Waals surface area (Å²) in [4.78, 5) is 6.88. The van der Waals surface area contributed by atoms with Crippen LogP contribution in [0, 0.1) is 0 Å². The third-order valence-electron chi connectivity index (χ3n) is 5.07. The highest BCUT2D eigenvalue weighted by Gasteiger charge is 2.19. The van der Waals surface area contributed by atoms with Crippen LogP contribution in [0.15, 0.2) is 48.8 Å². The lowest BCUT2D eigenvalue weighted by atomic mass is 10.0. The summed E-state index contributed by atoms with van der Waals surface area (Å²) >= 11 is 0. The number of nitrogens with zero attached hydrogens (tertiary/aromatic N) is 5. The molecule has 0 N–H and O–H groups in total. The summed E-state index contributed by atoms with van der Waals surface area (Å²) in [7, 11) is 1.96. The van der Waals surface area contributed by atoms with Gasteiger partial charge in [0, 0.05) is 31.0 Å². The molecule has 1 fully saturated rings. The maximum atomic E-state index is 4.43. The van der Waals surface area contributed by atoms with Crippen molar-refractivity contribution in [2.24, 2.45) is 7.05 Å². The van der Waals surface area contributed by atoms with Gasteiger partial charge < -0.3 is 4.57 Å². The number of hydrogen-bond donors (Lipinski definition) is 0. The Hall–Kier alpha value is -2.53. The fourth-order valence-corrected chi connectivity index (χ4v) is 3.52. The number of imidazole rings is 1. The van der Waals surface area contributed by atoms with Gasteiger partial charge in [-0.25, -0.2) is 4.98 Å². The third kappa shape index (κ3) is 3.20. The average molecular weight is 333 g/mol. The summed E-state index contributed by atoms with van der Waals surface area (Å²) < 4.78 is 1.95. The van der Waals surface area contributed by atoms with Gasteiger partial charge in [0.05, 0.1) is 5.69 Å². The van der Waals surface area contributed by atoms with E-state index in [-0.39, 0.29) is 0 Å². The largest absolute Gasteiger partial charge is 0.333 e. The minimum atomic E-state index is 0.447. The Bertz CT molecular complexity index is 847. The van der Waals surface area contributed by atoms with E-state index in [1.165, 1.54) is 31.5 Å². The maximum absolute atomic E-state index is 4.43. The van der Waals surface area contributed by atoms with Gasteiger partial charge in [-0.05, 0) is 56.6 Å². The number of aryl methyl sites for hydroxylation is 1. The van der Waals surface area contributed by atoms with Crippen molar-refractivity contribution in [1.29, 1.82) is 0 Å². The van der Waals surface area contributed by atoms with Crippen LogP contribution in [-0.4, -0.2) is 37.7 Å². The van der Waals surface area contributed by atoms with Crippen molar-refractivity contribution in [2.45, 2.75) is 25.8 Å². The molecular weight excluding hydrogens is 310 g/mol. The molecule has 1 saturated heterocycles. The molecule has 0 radical (unpaired) electrons. The molecule has 1 atom stereocenters. The van der Waals surface area contributed by atoms with E-state index in [9.17, 15) is 0 Å². The van der Waals surface area contributed by atoms with Crippen LogP contribution in [0.2, 0.25) is 0 Å². The van der Waals surface area contributed by atoms with Gasteiger partial charge in [-0.2, -0.15) is 0 Å². The van der Waals surface area contributed by atoms with Crippen LogP contribution in [0.25, 0.3) is 22.8 Å². The molecule has 128 valence electrons. The molecule has 5 heteroatoms. The molecule has 0 aliphatic carbocycles. The third-order valence-corrected chi connectivity index (χ3v) is 5.07. The van der Waals surface area contributed by atoms with E-state index in [1.54, 1.807) is 6.20 Å². The molecule has 3 aromatic rings. The van der Waals surface area contributed by atoms with Gasteiger partial charge in [-0.3, -0.25) is 4.90 Å². The van der Waals surface area contributed by atoms with E-state index >= 15 is 0 Å². The highest BCUT2D eigenvalue weighted by atomic mass is 15.2. The topological polar surface area (TPSA) is 46.8 Å². The van der Waals surface area contributed by atoms with E-state index in [0.717, 1.165) is 22.8 Å². The second-order valence-electron chi connectivity index (χ2n) is 6.71. The van der Waals surface area contributed by atoms with E-state index in [1.807, 2.05) is 29.9 Å². The first-order valence-electron chi connectivity index (χ1n) is 8.88. The second kappa shape index (κ2) is 6.76. The van der Waals surface area contributed by atoms with Gasteiger partial charge in [-0.1, -0.05) is 18.2 Å². The summed E-state index contributed by atoms with van der Waals surface area (Å²) in [5.41, 5.74) is 4.14. The number of rotatable bonds is 4. The summed E-state index contributed by atoms with van der Waals surface area (Å²) in [6.07, 6.45) is 6.30. The molecule has 0 saturated carbocycles. The molecule has 1 aliphatic heterocycles. The second-order valence-corrected chi connectivity index (χ2v) is 6.71. The zero-order valence-electron chi connectivity index (χ0n) is 14.8. The minimum Gasteiger partial charge on any atom is -0.333 e. The highest BCUT2D eigenvalue weighted by Crippen LogP contribution is 2.28. The predicted octanol–water partition coefficient (Wildman–Crippen LogP) is 3.70. The Labute approximate surface area is 148 Å². The van der Waals surface area contributed by atoms with Gasteiger partial charge in [0.2, 0.25) is 0 Å². The monoisotopic (exact) mass is 333 g/mol. The first-order valence-corrected chi connectivity index (χ1v) is 8.88. The van der Waals surface area contributed by atoms with E-state index in [0.29, 0.717) is 6.04 Å². The van der Waals surface area contributed by atoms with Crippen LogP contribution in [0.5, 0.6) is 0 Å². The summed E-state index contributed by atoms with van der Waals surface area (Å²) in [5, 5.41) is 8.79. The molecule has 2 aromatic heterocycles. The van der Waals surface area contributed by atoms with Crippen LogP contribution in [-0.2, 0) is 7.05 Å². The number of aromatic nitrogens is 4. The normalized spacial score (nSPS) is 16.2. The van der Waals surface area contributed by atoms with Crippen molar-refractivity contribution in [1.82, 2.24) is 24.6 Å². The number of likely N-dealkylation sites (tertiary alicyclic amines) is 1. The van der Waals surface area contributed by atoms with Gasteiger partial charge in [0.15, 0.2) is 5.82 Å². The van der Waals surface area contributed by atoms with Crippen LogP contribution in [0.3, 0.4) is 0 Å². The SMILES string of the molecule is C[C@@H](c1cccc(-c2ccc(-c3nccn3C)nn2)c1)N1CCCC1. The Kier molecular flexibility index (Phi) is 4.32. The molecule has 1 aromatic carbocycles. The quantitative estimate of drug-likeness (QED) is 0.730. The molecule has 0 bridgehead atoms. The zero-order valence-corrected chi connectivity index (χ0v) is 14.8. The lowest BCUT2D eigenvalue weighted by molar-refractivity contribution is 0.263. The number of benzene rings is 1. The number of hydrogen-bond acceptors (Lipinski definition) is 4. The molecule has 4 rings (SSSR count). The summed E-state index contributed by atoms with van der Waals surface area (Å²) in [6.45, 7) is 4.69. The first-order chi connectivity index (χ1) is 12.2. The van der Waals surface area contributed by atoms with Crippen LogP contribution < -0.4 is 0 Å². The highest BCUT2D eigenvalue weighted by molar-refractivity contribution is 5.61. The predicted molar refractivity (Wildman–Crippen MR) is 98.9 cm³/mol. The lowest BCUT2D eigenvalue weighted by Gasteiger charge is -2.24. The molecule has 25 heavy (non-hydrogen) atoms. The van der Waals surface area contributed by atoms with Crippen LogP contribution in [0.1, 0.15) is 31.4 Å². The van der Waals surface area contributed by atoms with Crippen molar-refractivity contribution in [3.8, 4) is 22.8 Å². The molecule has 3 heterocycles. The smallest absolute Gasteiger partial charge is 0.160 e. The standard InChI is InChI=1S/C20H23N5/c1-15(25-11-3-4-12-25)16-6-5-7-17(14-16)18-8-9-19(23-22-18)20-21-10-13-24(20)2/h5-10,13-15H,3-4,11-12H2,1-2H3/t15-/m0/s1. The Morgan fingerprint density at radius 3 is 2.44 bits per heavy atom. The van der Waals surface area contributed by atoms with E-state index in [4.69, 9.17) is 0 Å². The fraction of sp³-hybridized carbons (Fsp3) is 0.350. The maximum Gasteiger partial charge on any atom is 0.160 e. The van der Waals surface area contributed by atoms with Crippen molar-refractivity contribution in [3.05, 3.63) is 54.4 Å². The molecule has 5 nitrogen and oxygen atoms in total. The van der Waals surface area contributed by atoms with Crippen molar-refractivity contribution in [3.63, 3.8) is 0 Å². The van der Waals surface area contributed by atoms with Crippen LogP contribution in [0.4, 0.5) is 0 Å².